The van der Waals surface area contributed by atoms with Gasteiger partial charge in [-0.25, -0.2) is 0 Å². The lowest BCUT2D eigenvalue weighted by molar-refractivity contribution is -0.128. The zero-order valence-corrected chi connectivity index (χ0v) is 11.5. The van der Waals surface area contributed by atoms with E-state index in [4.69, 9.17) is 21.1 Å². The largest absolute Gasteiger partial charge is 0.481 e. The number of hydrogen-bond donors (Lipinski definition) is 1. The second kappa shape index (κ2) is 7.24. The predicted octanol–water partition coefficient (Wildman–Crippen LogP) is 2.26. The SMILES string of the molecule is COC[C@H](C)NC(=O)[C@@H](C)Oc1ccc(Cl)cc1. The average molecular weight is 272 g/mol. The van der Waals surface area contributed by atoms with Crippen molar-refractivity contribution in [2.24, 2.45) is 0 Å². The molecule has 0 aromatic heterocycles. The molecule has 0 unspecified atom stereocenters. The summed E-state index contributed by atoms with van der Waals surface area (Å²) in [6.07, 6.45) is -0.564. The van der Waals surface area contributed by atoms with E-state index in [2.05, 4.69) is 5.32 Å². The molecular formula is C13H18ClNO3. The highest BCUT2D eigenvalue weighted by Gasteiger charge is 2.16. The van der Waals surface area contributed by atoms with E-state index in [1.54, 1.807) is 38.3 Å². The Morgan fingerprint density at radius 2 is 1.94 bits per heavy atom. The van der Waals surface area contributed by atoms with Crippen LogP contribution in [0.1, 0.15) is 13.8 Å². The Balaban J connectivity index is 2.46. The van der Waals surface area contributed by atoms with Crippen LogP contribution in [0.4, 0.5) is 0 Å². The Morgan fingerprint density at radius 1 is 1.33 bits per heavy atom. The number of halogens is 1. The first kappa shape index (κ1) is 14.8. The molecule has 5 heteroatoms. The average Bonchev–Trinajstić information content (AvgIpc) is 2.32. The molecule has 1 N–H and O–H groups in total. The first-order valence-corrected chi connectivity index (χ1v) is 6.12. The van der Waals surface area contributed by atoms with Gasteiger partial charge in [-0.1, -0.05) is 11.6 Å². The number of hydrogen-bond acceptors (Lipinski definition) is 3. The molecule has 0 saturated heterocycles. The number of carbonyl (C=O) groups is 1. The van der Waals surface area contributed by atoms with Crippen LogP contribution in [0.2, 0.25) is 5.02 Å². The van der Waals surface area contributed by atoms with Crippen LogP contribution in [-0.2, 0) is 9.53 Å². The topological polar surface area (TPSA) is 47.6 Å². The van der Waals surface area contributed by atoms with Crippen molar-refractivity contribution >= 4 is 17.5 Å². The summed E-state index contributed by atoms with van der Waals surface area (Å²) in [4.78, 5) is 11.8. The van der Waals surface area contributed by atoms with E-state index in [0.29, 0.717) is 17.4 Å². The molecule has 0 saturated carbocycles. The maximum atomic E-state index is 11.8. The van der Waals surface area contributed by atoms with Gasteiger partial charge in [0.2, 0.25) is 0 Å². The summed E-state index contributed by atoms with van der Waals surface area (Å²) in [6.45, 7) is 4.04. The van der Waals surface area contributed by atoms with Gasteiger partial charge in [0, 0.05) is 18.2 Å². The molecule has 0 aliphatic heterocycles. The number of nitrogens with one attached hydrogen (secondary N) is 1. The molecule has 0 aliphatic carbocycles. The maximum absolute atomic E-state index is 11.8. The van der Waals surface area contributed by atoms with Gasteiger partial charge in [0.15, 0.2) is 6.10 Å². The minimum Gasteiger partial charge on any atom is -0.481 e. The molecular weight excluding hydrogens is 254 g/mol. The fourth-order valence-corrected chi connectivity index (χ4v) is 1.55. The highest BCUT2D eigenvalue weighted by atomic mass is 35.5. The summed E-state index contributed by atoms with van der Waals surface area (Å²) in [5, 5.41) is 3.43. The third kappa shape index (κ3) is 4.94. The maximum Gasteiger partial charge on any atom is 0.261 e. The van der Waals surface area contributed by atoms with Crippen LogP contribution in [0, 0.1) is 0 Å². The third-order valence-corrected chi connectivity index (χ3v) is 2.55. The molecule has 1 amide bonds. The van der Waals surface area contributed by atoms with Crippen molar-refractivity contribution in [1.82, 2.24) is 5.32 Å². The second-order valence-corrected chi connectivity index (χ2v) is 4.52. The number of benzene rings is 1. The summed E-state index contributed by atoms with van der Waals surface area (Å²) in [5.74, 6) is 0.441. The lowest BCUT2D eigenvalue weighted by atomic mass is 10.3. The van der Waals surface area contributed by atoms with Crippen molar-refractivity contribution in [3.05, 3.63) is 29.3 Å². The normalized spacial score (nSPS) is 13.8. The monoisotopic (exact) mass is 271 g/mol. The number of carbonyl (C=O) groups excluding carboxylic acids is 1. The van der Waals surface area contributed by atoms with E-state index >= 15 is 0 Å². The number of ether oxygens (including phenoxy) is 2. The van der Waals surface area contributed by atoms with Gasteiger partial charge in [-0.15, -0.1) is 0 Å². The lowest BCUT2D eigenvalue weighted by Crippen LogP contribution is -2.43. The van der Waals surface area contributed by atoms with Crippen molar-refractivity contribution in [2.75, 3.05) is 13.7 Å². The predicted molar refractivity (Wildman–Crippen MR) is 71.0 cm³/mol. The van der Waals surface area contributed by atoms with E-state index in [1.165, 1.54) is 0 Å². The molecule has 0 bridgehead atoms. The van der Waals surface area contributed by atoms with Crippen molar-refractivity contribution in [2.45, 2.75) is 26.0 Å². The minimum absolute atomic E-state index is 0.0428. The minimum atomic E-state index is -0.564. The summed E-state index contributed by atoms with van der Waals surface area (Å²) in [6, 6.07) is 6.85. The molecule has 1 rings (SSSR count). The first-order chi connectivity index (χ1) is 8.52. The Kier molecular flexibility index (Phi) is 5.95. The Bertz CT molecular complexity index is 380. The summed E-state index contributed by atoms with van der Waals surface area (Å²) >= 11 is 5.77. The highest BCUT2D eigenvalue weighted by Crippen LogP contribution is 2.16. The molecule has 0 aliphatic rings. The van der Waals surface area contributed by atoms with Gasteiger partial charge in [0.05, 0.1) is 6.61 Å². The fraction of sp³-hybridized carbons (Fsp3) is 0.462. The molecule has 4 nitrogen and oxygen atoms in total. The van der Waals surface area contributed by atoms with Crippen LogP contribution in [0.25, 0.3) is 0 Å². The van der Waals surface area contributed by atoms with E-state index in [9.17, 15) is 4.79 Å². The second-order valence-electron chi connectivity index (χ2n) is 4.08. The van der Waals surface area contributed by atoms with Crippen LogP contribution in [0.15, 0.2) is 24.3 Å². The van der Waals surface area contributed by atoms with Gasteiger partial charge in [-0.05, 0) is 38.1 Å². The molecule has 100 valence electrons. The first-order valence-electron chi connectivity index (χ1n) is 5.74. The molecule has 0 fully saturated rings. The fourth-order valence-electron chi connectivity index (χ4n) is 1.42. The van der Waals surface area contributed by atoms with Crippen molar-refractivity contribution in [3.63, 3.8) is 0 Å². The molecule has 2 atom stereocenters. The number of methoxy groups -OCH3 is 1. The third-order valence-electron chi connectivity index (χ3n) is 2.30. The van der Waals surface area contributed by atoms with Crippen LogP contribution >= 0.6 is 11.6 Å². The Hall–Kier alpha value is -1.26. The summed E-state index contributed by atoms with van der Waals surface area (Å²) < 4.78 is 10.4. The van der Waals surface area contributed by atoms with E-state index in [1.807, 2.05) is 6.92 Å². The molecule has 1 aromatic rings. The molecule has 1 aromatic carbocycles. The van der Waals surface area contributed by atoms with Gasteiger partial charge in [-0.3, -0.25) is 4.79 Å². The van der Waals surface area contributed by atoms with Crippen LogP contribution in [0.3, 0.4) is 0 Å². The van der Waals surface area contributed by atoms with Gasteiger partial charge >= 0.3 is 0 Å². The smallest absolute Gasteiger partial charge is 0.261 e. The molecule has 0 spiro atoms. The molecule has 0 radical (unpaired) electrons. The number of rotatable bonds is 6. The van der Waals surface area contributed by atoms with Gasteiger partial charge in [-0.2, -0.15) is 0 Å². The zero-order chi connectivity index (χ0) is 13.5. The highest BCUT2D eigenvalue weighted by molar-refractivity contribution is 6.30. The quantitative estimate of drug-likeness (QED) is 0.863. The van der Waals surface area contributed by atoms with Gasteiger partial charge < -0.3 is 14.8 Å². The molecule has 0 heterocycles. The molecule has 18 heavy (non-hydrogen) atoms. The lowest BCUT2D eigenvalue weighted by Gasteiger charge is -2.18. The van der Waals surface area contributed by atoms with E-state index in [-0.39, 0.29) is 11.9 Å². The van der Waals surface area contributed by atoms with Crippen molar-refractivity contribution in [1.29, 1.82) is 0 Å². The standard InChI is InChI=1S/C13H18ClNO3/c1-9(8-17-3)15-13(16)10(2)18-12-6-4-11(14)5-7-12/h4-7,9-10H,8H2,1-3H3,(H,15,16)/t9-,10+/m0/s1. The summed E-state index contributed by atoms with van der Waals surface area (Å²) in [7, 11) is 1.59. The van der Waals surface area contributed by atoms with Crippen molar-refractivity contribution < 1.29 is 14.3 Å². The Morgan fingerprint density at radius 3 is 2.50 bits per heavy atom. The van der Waals surface area contributed by atoms with Gasteiger partial charge in [0.1, 0.15) is 5.75 Å². The van der Waals surface area contributed by atoms with E-state index in [0.717, 1.165) is 0 Å². The summed E-state index contributed by atoms with van der Waals surface area (Å²) in [5.41, 5.74) is 0. The van der Waals surface area contributed by atoms with Crippen LogP contribution in [0.5, 0.6) is 5.75 Å². The van der Waals surface area contributed by atoms with Crippen LogP contribution < -0.4 is 10.1 Å². The van der Waals surface area contributed by atoms with Gasteiger partial charge in [0.25, 0.3) is 5.91 Å². The van der Waals surface area contributed by atoms with Crippen LogP contribution in [-0.4, -0.2) is 31.8 Å². The van der Waals surface area contributed by atoms with E-state index < -0.39 is 6.10 Å². The number of amides is 1. The zero-order valence-electron chi connectivity index (χ0n) is 10.8. The van der Waals surface area contributed by atoms with Crippen molar-refractivity contribution in [3.8, 4) is 5.75 Å². The Labute approximate surface area is 112 Å².